The summed E-state index contributed by atoms with van der Waals surface area (Å²) in [6.07, 6.45) is 13.4. The van der Waals surface area contributed by atoms with Crippen LogP contribution >= 0.6 is 11.3 Å². The highest BCUT2D eigenvalue weighted by atomic mass is 32.1. The fourth-order valence-corrected chi connectivity index (χ4v) is 7.66. The van der Waals surface area contributed by atoms with Gasteiger partial charge in [-0.2, -0.15) is 0 Å². The first-order chi connectivity index (χ1) is 23.6. The van der Waals surface area contributed by atoms with Crippen molar-refractivity contribution < 1.29 is 9.53 Å². The summed E-state index contributed by atoms with van der Waals surface area (Å²) >= 11 is 1.81. The quantitative estimate of drug-likeness (QED) is 0.0930. The van der Waals surface area contributed by atoms with Gasteiger partial charge in [-0.1, -0.05) is 71.3 Å². The smallest absolute Gasteiger partial charge is 0.331 e. The Labute approximate surface area is 291 Å². The average molecular weight is 673 g/mol. The monoisotopic (exact) mass is 672 g/mol. The molecule has 7 nitrogen and oxygen atoms in total. The van der Waals surface area contributed by atoms with Gasteiger partial charge in [-0.15, -0.1) is 11.3 Å². The lowest BCUT2D eigenvalue weighted by atomic mass is 10.1. The Morgan fingerprint density at radius 3 is 2.23 bits per heavy atom. The Balaban J connectivity index is 1.13. The van der Waals surface area contributed by atoms with Crippen LogP contribution in [0.25, 0.3) is 21.0 Å². The molecule has 0 spiro atoms. The number of carbonyl (C=O) groups is 1. The van der Waals surface area contributed by atoms with Crippen LogP contribution in [0.2, 0.25) is 0 Å². The highest BCUT2D eigenvalue weighted by Crippen LogP contribution is 2.31. The molecule has 2 aromatic carbocycles. The number of pyridine rings is 1. The van der Waals surface area contributed by atoms with Crippen LogP contribution in [0.4, 0.5) is 10.5 Å². The molecular formula is C40H56N4O3S. The second-order valence-electron chi connectivity index (χ2n) is 13.3. The van der Waals surface area contributed by atoms with Gasteiger partial charge in [0.2, 0.25) is 0 Å². The van der Waals surface area contributed by atoms with Gasteiger partial charge in [-0.25, -0.2) is 9.36 Å². The van der Waals surface area contributed by atoms with Crippen molar-refractivity contribution in [2.75, 3.05) is 57.3 Å². The molecule has 0 bridgehead atoms. The third-order valence-corrected chi connectivity index (χ3v) is 10.6. The number of hydrogen-bond acceptors (Lipinski definition) is 6. The molecule has 4 aromatic rings. The van der Waals surface area contributed by atoms with Crippen molar-refractivity contribution in [2.45, 2.75) is 90.9 Å². The lowest BCUT2D eigenvalue weighted by Gasteiger charge is -2.36. The molecule has 5 rings (SSSR count). The van der Waals surface area contributed by atoms with E-state index in [1.807, 2.05) is 40.5 Å². The average Bonchev–Trinajstić information content (AvgIpc) is 3.60. The van der Waals surface area contributed by atoms with Crippen LogP contribution in [0.1, 0.15) is 90.9 Å². The Kier molecular flexibility index (Phi) is 14.2. The van der Waals surface area contributed by atoms with Gasteiger partial charge in [-0.05, 0) is 79.4 Å². The van der Waals surface area contributed by atoms with Crippen molar-refractivity contribution in [3.63, 3.8) is 0 Å². The van der Waals surface area contributed by atoms with E-state index in [9.17, 15) is 9.59 Å². The molecule has 0 radical (unpaired) electrons. The number of ether oxygens (including phenoxy) is 1. The summed E-state index contributed by atoms with van der Waals surface area (Å²) in [7, 11) is 0. The maximum Gasteiger partial charge on any atom is 0.331 e. The van der Waals surface area contributed by atoms with E-state index in [1.165, 1.54) is 64.9 Å². The highest BCUT2D eigenvalue weighted by Gasteiger charge is 2.20. The van der Waals surface area contributed by atoms with E-state index in [1.54, 1.807) is 0 Å². The van der Waals surface area contributed by atoms with Crippen LogP contribution in [0.3, 0.4) is 0 Å². The molecule has 0 aliphatic carbocycles. The van der Waals surface area contributed by atoms with Gasteiger partial charge in [0, 0.05) is 67.2 Å². The Morgan fingerprint density at radius 1 is 0.792 bits per heavy atom. The number of nitrogens with zero attached hydrogens (tertiary/aromatic N) is 4. The van der Waals surface area contributed by atoms with E-state index < -0.39 is 0 Å². The van der Waals surface area contributed by atoms with Gasteiger partial charge in [-0.3, -0.25) is 9.69 Å². The zero-order valence-corrected chi connectivity index (χ0v) is 30.2. The number of rotatable bonds is 19. The number of anilines is 1. The molecule has 1 aliphatic rings. The summed E-state index contributed by atoms with van der Waals surface area (Å²) in [5.74, 6) is 0.705. The molecule has 48 heavy (non-hydrogen) atoms. The van der Waals surface area contributed by atoms with Crippen LogP contribution in [0, 0.1) is 0 Å². The summed E-state index contributed by atoms with van der Waals surface area (Å²) in [5.41, 5.74) is 1.71. The van der Waals surface area contributed by atoms with E-state index in [0.29, 0.717) is 31.0 Å². The molecule has 1 fully saturated rings. The van der Waals surface area contributed by atoms with Crippen LogP contribution in [0.5, 0.6) is 5.75 Å². The molecule has 1 saturated heterocycles. The van der Waals surface area contributed by atoms with Crippen molar-refractivity contribution in [3.05, 3.63) is 70.3 Å². The van der Waals surface area contributed by atoms with Gasteiger partial charge >= 0.3 is 6.03 Å². The van der Waals surface area contributed by atoms with Crippen molar-refractivity contribution in [2.24, 2.45) is 0 Å². The number of piperazine rings is 1. The van der Waals surface area contributed by atoms with E-state index in [4.69, 9.17) is 4.74 Å². The van der Waals surface area contributed by atoms with Crippen LogP contribution < -0.4 is 15.2 Å². The minimum absolute atomic E-state index is 0.208. The van der Waals surface area contributed by atoms with Gasteiger partial charge in [0.05, 0.1) is 12.1 Å². The predicted octanol–water partition coefficient (Wildman–Crippen LogP) is 9.41. The Hall–Kier alpha value is -3.36. The normalized spacial score (nSPS) is 13.8. The Morgan fingerprint density at radius 2 is 1.50 bits per heavy atom. The fourth-order valence-electron chi connectivity index (χ4n) is 6.85. The first kappa shape index (κ1) is 35.9. The third-order valence-electron chi connectivity index (χ3n) is 9.72. The van der Waals surface area contributed by atoms with Gasteiger partial charge in [0.1, 0.15) is 5.75 Å². The van der Waals surface area contributed by atoms with E-state index in [2.05, 4.69) is 53.3 Å². The number of benzene rings is 2. The number of unbranched alkanes of at least 4 members (excludes halogenated alkanes) is 9. The summed E-state index contributed by atoms with van der Waals surface area (Å²) in [5, 5.41) is 4.43. The molecule has 8 heteroatoms. The second-order valence-corrected chi connectivity index (χ2v) is 14.3. The largest absolute Gasteiger partial charge is 0.494 e. The SMILES string of the molecule is CCCCCCCN(CCCCCCC)C(=O)n1c(=O)ccc2ccc(OCCCCN3CCN(c4cccc5sccc45)CC3)cc21. The van der Waals surface area contributed by atoms with Crippen LogP contribution in [0.15, 0.2) is 64.8 Å². The third kappa shape index (κ3) is 9.85. The van der Waals surface area contributed by atoms with Crippen LogP contribution in [-0.2, 0) is 0 Å². The zero-order chi connectivity index (χ0) is 33.6. The minimum atomic E-state index is -0.279. The molecular weight excluding hydrogens is 617 g/mol. The van der Waals surface area contributed by atoms with Crippen molar-refractivity contribution in [1.82, 2.24) is 14.4 Å². The maximum absolute atomic E-state index is 14.0. The molecule has 0 unspecified atom stereocenters. The molecule has 0 N–H and O–H groups in total. The molecule has 2 aromatic heterocycles. The van der Waals surface area contributed by atoms with Crippen molar-refractivity contribution >= 4 is 44.0 Å². The molecule has 260 valence electrons. The Bertz CT molecular complexity index is 1610. The maximum atomic E-state index is 14.0. The van der Waals surface area contributed by atoms with Crippen molar-refractivity contribution in [3.8, 4) is 5.75 Å². The van der Waals surface area contributed by atoms with Gasteiger partial charge in [0.25, 0.3) is 5.56 Å². The molecule has 1 amide bonds. The number of fused-ring (bicyclic) bond motifs is 2. The van der Waals surface area contributed by atoms with Crippen molar-refractivity contribution in [1.29, 1.82) is 0 Å². The summed E-state index contributed by atoms with van der Waals surface area (Å²) in [6, 6.07) is 17.8. The van der Waals surface area contributed by atoms with Crippen LogP contribution in [-0.4, -0.2) is 72.8 Å². The first-order valence-electron chi connectivity index (χ1n) is 18.6. The lowest BCUT2D eigenvalue weighted by molar-refractivity contribution is 0.197. The summed E-state index contributed by atoms with van der Waals surface area (Å²) < 4.78 is 8.92. The predicted molar refractivity (Wildman–Crippen MR) is 203 cm³/mol. The lowest BCUT2D eigenvalue weighted by Crippen LogP contribution is -2.46. The number of aromatic nitrogens is 1. The number of thiophene rings is 1. The number of hydrogen-bond donors (Lipinski definition) is 0. The summed E-state index contributed by atoms with van der Waals surface area (Å²) in [4.78, 5) is 34.1. The minimum Gasteiger partial charge on any atom is -0.494 e. The van der Waals surface area contributed by atoms with Gasteiger partial charge < -0.3 is 14.5 Å². The van der Waals surface area contributed by atoms with E-state index in [0.717, 1.165) is 76.6 Å². The standard InChI is InChI=1S/C40H56N4O3S/c1-3-5-7-9-11-24-43(25-12-10-8-6-4-2)40(46)44-37-32-34(20-18-33(37)19-21-39(44)45)47-30-14-13-23-41-26-28-42(29-27-41)36-16-15-17-38-35(36)22-31-48-38/h15-22,31-32H,3-14,23-30H2,1-2H3. The topological polar surface area (TPSA) is 58.0 Å². The fraction of sp³-hybridized carbons (Fsp3) is 0.550. The highest BCUT2D eigenvalue weighted by molar-refractivity contribution is 7.17. The zero-order valence-electron chi connectivity index (χ0n) is 29.3. The summed E-state index contributed by atoms with van der Waals surface area (Å²) in [6.45, 7) is 11.7. The second kappa shape index (κ2) is 19.0. The molecule has 3 heterocycles. The van der Waals surface area contributed by atoms with Gasteiger partial charge in [0.15, 0.2) is 0 Å². The first-order valence-corrected chi connectivity index (χ1v) is 19.5. The number of amides is 1. The number of carbonyl (C=O) groups excluding carboxylic acids is 1. The molecule has 1 aliphatic heterocycles. The van der Waals surface area contributed by atoms with E-state index in [-0.39, 0.29) is 11.6 Å². The van der Waals surface area contributed by atoms with E-state index >= 15 is 0 Å². The molecule has 0 saturated carbocycles. The molecule has 0 atom stereocenters.